The van der Waals surface area contributed by atoms with Crippen LogP contribution in [-0.2, 0) is 11.0 Å². The van der Waals surface area contributed by atoms with Gasteiger partial charge in [0.25, 0.3) is 22.6 Å². The van der Waals surface area contributed by atoms with Crippen molar-refractivity contribution in [3.63, 3.8) is 0 Å². The SMILES string of the molecule is CCc1cnn(C[IH+])c1. The lowest BCUT2D eigenvalue weighted by Gasteiger charge is -1.83. The zero-order valence-electron chi connectivity index (χ0n) is 5.37. The zero-order valence-corrected chi connectivity index (χ0v) is 7.70. The first-order valence-electron chi connectivity index (χ1n) is 2.96. The van der Waals surface area contributed by atoms with Crippen LogP contribution in [0.25, 0.3) is 0 Å². The van der Waals surface area contributed by atoms with Crippen molar-refractivity contribution in [1.29, 1.82) is 0 Å². The van der Waals surface area contributed by atoms with Gasteiger partial charge < -0.3 is 0 Å². The van der Waals surface area contributed by atoms with E-state index in [-0.39, 0.29) is 0 Å². The second-order valence-corrected chi connectivity index (χ2v) is 2.61. The van der Waals surface area contributed by atoms with E-state index in [0.717, 1.165) is 11.0 Å². The Bertz CT molecular complexity index is 164. The van der Waals surface area contributed by atoms with Gasteiger partial charge in [0.1, 0.15) is 0 Å². The van der Waals surface area contributed by atoms with Crippen LogP contribution in [0.15, 0.2) is 12.4 Å². The Morgan fingerprint density at radius 2 is 2.56 bits per heavy atom. The second-order valence-electron chi connectivity index (χ2n) is 1.87. The number of rotatable bonds is 2. The van der Waals surface area contributed by atoms with Gasteiger partial charge in [0, 0.05) is 6.20 Å². The summed E-state index contributed by atoms with van der Waals surface area (Å²) in [6.07, 6.45) is 5.09. The first-order valence-corrected chi connectivity index (χ1v) is 4.61. The molecule has 1 heterocycles. The average molecular weight is 237 g/mol. The largest absolute Gasteiger partial charge is 0.277 e. The summed E-state index contributed by atoms with van der Waals surface area (Å²) in [5.41, 5.74) is 1.32. The lowest BCUT2D eigenvalue weighted by molar-refractivity contribution is -0.410. The molecule has 0 unspecified atom stereocenters. The van der Waals surface area contributed by atoms with E-state index in [9.17, 15) is 0 Å². The predicted molar refractivity (Wildman–Crippen MR) is 33.0 cm³/mol. The highest BCUT2D eigenvalue weighted by Crippen LogP contribution is 1.95. The molecule has 0 aliphatic heterocycles. The predicted octanol–water partition coefficient (Wildman–Crippen LogP) is -2.31. The Morgan fingerprint density at radius 3 is 2.89 bits per heavy atom. The molecule has 0 aliphatic rings. The summed E-state index contributed by atoms with van der Waals surface area (Å²) >= 11 is 2.03. The van der Waals surface area contributed by atoms with Gasteiger partial charge in [0.15, 0.2) is 0 Å². The summed E-state index contributed by atoms with van der Waals surface area (Å²) in [7, 11) is 0. The van der Waals surface area contributed by atoms with Gasteiger partial charge in [0.2, 0.25) is 4.55 Å². The van der Waals surface area contributed by atoms with Crippen LogP contribution in [0.3, 0.4) is 0 Å². The highest BCUT2D eigenvalue weighted by Gasteiger charge is 1.94. The van der Waals surface area contributed by atoms with Gasteiger partial charge in [-0.05, 0) is 12.0 Å². The Balaban J connectivity index is 2.74. The maximum absolute atomic E-state index is 4.12. The highest BCUT2D eigenvalue weighted by molar-refractivity contribution is 5.02. The van der Waals surface area contributed by atoms with E-state index in [4.69, 9.17) is 0 Å². The van der Waals surface area contributed by atoms with Gasteiger partial charge in [-0.3, -0.25) is 0 Å². The van der Waals surface area contributed by atoms with Gasteiger partial charge in [-0.25, -0.2) is 4.68 Å². The second kappa shape index (κ2) is 3.20. The maximum atomic E-state index is 4.12. The molecule has 1 aromatic rings. The van der Waals surface area contributed by atoms with E-state index in [1.54, 1.807) is 0 Å². The molecule has 0 saturated carbocycles. The molecule has 0 aromatic carbocycles. The molecule has 0 fully saturated rings. The number of aryl methyl sites for hydroxylation is 1. The van der Waals surface area contributed by atoms with Crippen molar-refractivity contribution in [1.82, 2.24) is 9.78 Å². The standard InChI is InChI=1S/C6H10IN2/c1-2-6-3-8-9(4-6)5-7/h3-4,7H,2,5H2,1H3/q+1. The maximum Gasteiger partial charge on any atom is 0.277 e. The quantitative estimate of drug-likeness (QED) is 0.417. The Kier molecular flexibility index (Phi) is 2.50. The van der Waals surface area contributed by atoms with Crippen LogP contribution in [0.2, 0.25) is 0 Å². The van der Waals surface area contributed by atoms with Gasteiger partial charge in [-0.1, -0.05) is 6.92 Å². The molecule has 3 heteroatoms. The van der Waals surface area contributed by atoms with Crippen molar-refractivity contribution < 1.29 is 22.6 Å². The first-order chi connectivity index (χ1) is 4.36. The zero-order chi connectivity index (χ0) is 6.69. The number of hydrogen-bond acceptors (Lipinski definition) is 1. The van der Waals surface area contributed by atoms with E-state index in [0.29, 0.717) is 0 Å². The molecule has 0 amide bonds. The molecule has 9 heavy (non-hydrogen) atoms. The van der Waals surface area contributed by atoms with Gasteiger partial charge in [0.05, 0.1) is 6.20 Å². The van der Waals surface area contributed by atoms with Crippen molar-refractivity contribution in [3.05, 3.63) is 18.0 Å². The minimum Gasteiger partial charge on any atom is -0.227 e. The first kappa shape index (κ1) is 7.05. The summed E-state index contributed by atoms with van der Waals surface area (Å²) in [5.74, 6) is 0. The third-order valence-corrected chi connectivity index (χ3v) is 1.98. The average Bonchev–Trinajstić information content (AvgIpc) is 2.34. The summed E-state index contributed by atoms with van der Waals surface area (Å²) < 4.78 is 2.93. The molecular formula is C6H10IN2+. The summed E-state index contributed by atoms with van der Waals surface area (Å²) in [5, 5.41) is 4.12. The summed E-state index contributed by atoms with van der Waals surface area (Å²) in [6, 6.07) is 0. The van der Waals surface area contributed by atoms with Crippen molar-refractivity contribution in [3.8, 4) is 0 Å². The van der Waals surface area contributed by atoms with Crippen LogP contribution in [0, 0.1) is 0 Å². The molecule has 0 atom stereocenters. The number of aromatic nitrogens is 2. The molecule has 0 saturated heterocycles. The molecule has 0 N–H and O–H groups in total. The van der Waals surface area contributed by atoms with Crippen molar-refractivity contribution in [2.45, 2.75) is 17.9 Å². The van der Waals surface area contributed by atoms with E-state index in [2.05, 4.69) is 18.2 Å². The van der Waals surface area contributed by atoms with E-state index >= 15 is 0 Å². The van der Waals surface area contributed by atoms with Gasteiger partial charge >= 0.3 is 0 Å². The Labute approximate surface area is 68.4 Å². The summed E-state index contributed by atoms with van der Waals surface area (Å²) in [4.78, 5) is 0. The number of nitrogens with zero attached hydrogens (tertiary/aromatic N) is 2. The molecule has 0 spiro atoms. The molecule has 0 bridgehead atoms. The lowest BCUT2D eigenvalue weighted by atomic mass is 10.3. The van der Waals surface area contributed by atoms with E-state index < -0.39 is 0 Å². The van der Waals surface area contributed by atoms with Crippen LogP contribution in [0.1, 0.15) is 12.5 Å². The number of halogens is 1. The van der Waals surface area contributed by atoms with Crippen molar-refractivity contribution >= 4 is 0 Å². The van der Waals surface area contributed by atoms with Crippen LogP contribution in [0.5, 0.6) is 0 Å². The molecule has 1 aromatic heterocycles. The third kappa shape index (κ3) is 1.67. The van der Waals surface area contributed by atoms with Gasteiger partial charge in [-0.15, -0.1) is 0 Å². The smallest absolute Gasteiger partial charge is 0.227 e. The summed E-state index contributed by atoms with van der Waals surface area (Å²) in [6.45, 7) is 2.14. The van der Waals surface area contributed by atoms with Crippen LogP contribution in [0.4, 0.5) is 0 Å². The van der Waals surface area contributed by atoms with Crippen LogP contribution < -0.4 is 22.6 Å². The molecule has 2 nitrogen and oxygen atoms in total. The molecule has 50 valence electrons. The molecule has 1 rings (SSSR count). The molecule has 0 radical (unpaired) electrons. The van der Waals surface area contributed by atoms with Crippen LogP contribution in [-0.4, -0.2) is 9.78 Å². The minimum absolute atomic E-state index is 0.982. The Hall–Kier alpha value is -0.0600. The van der Waals surface area contributed by atoms with E-state index in [1.807, 2.05) is 33.5 Å². The number of alkyl halides is 1. The molecule has 0 aliphatic carbocycles. The molecular weight excluding hydrogens is 227 g/mol. The van der Waals surface area contributed by atoms with Crippen LogP contribution >= 0.6 is 0 Å². The lowest BCUT2D eigenvalue weighted by Crippen LogP contribution is -3.34. The van der Waals surface area contributed by atoms with Crippen molar-refractivity contribution in [2.75, 3.05) is 0 Å². The van der Waals surface area contributed by atoms with E-state index in [1.165, 1.54) is 5.56 Å². The fraction of sp³-hybridized carbons (Fsp3) is 0.500. The monoisotopic (exact) mass is 237 g/mol. The van der Waals surface area contributed by atoms with Crippen molar-refractivity contribution in [2.24, 2.45) is 0 Å². The minimum atomic E-state index is 0.982. The topological polar surface area (TPSA) is 17.8 Å². The fourth-order valence-corrected chi connectivity index (χ4v) is 1.06. The third-order valence-electron chi connectivity index (χ3n) is 1.23. The fourth-order valence-electron chi connectivity index (χ4n) is 0.660. The normalized spacial score (nSPS) is 10.0. The number of hydrogen-bond donors (Lipinski definition) is 0. The highest BCUT2D eigenvalue weighted by atomic mass is 127. The van der Waals surface area contributed by atoms with Gasteiger partial charge in [-0.2, -0.15) is 5.10 Å². The Morgan fingerprint density at radius 1 is 1.78 bits per heavy atom.